The molecule has 0 spiro atoms. The molecule has 0 saturated carbocycles. The van der Waals surface area contributed by atoms with E-state index in [-0.39, 0.29) is 5.56 Å². The van der Waals surface area contributed by atoms with Gasteiger partial charge >= 0.3 is 11.9 Å². The molecule has 2 N–H and O–H groups in total. The molecule has 0 radical (unpaired) electrons. The number of carboxylic acids is 2. The van der Waals surface area contributed by atoms with Gasteiger partial charge in [0.1, 0.15) is 13.1 Å². The van der Waals surface area contributed by atoms with Gasteiger partial charge in [0.2, 0.25) is 0 Å². The molecule has 1 aromatic rings. The predicted molar refractivity (Wildman–Crippen MR) is 73.0 cm³/mol. The highest BCUT2D eigenvalue weighted by Crippen LogP contribution is 2.22. The summed E-state index contributed by atoms with van der Waals surface area (Å²) in [5.41, 5.74) is 0.192. The molecule has 0 fully saturated rings. The van der Waals surface area contributed by atoms with Crippen molar-refractivity contribution in [3.8, 4) is 0 Å². The van der Waals surface area contributed by atoms with Gasteiger partial charge < -0.3 is 15.1 Å². The third-order valence-corrected chi connectivity index (χ3v) is 3.28. The number of hydrogen-bond acceptors (Lipinski definition) is 3. The number of aliphatic carboxylic acids is 2. The van der Waals surface area contributed by atoms with Crippen LogP contribution in [0.4, 0.5) is 0 Å². The average Bonchev–Trinajstić information content (AvgIpc) is 2.29. The Morgan fingerprint density at radius 2 is 1.58 bits per heavy atom. The maximum Gasteiger partial charge on any atom is 0.323 e. The Morgan fingerprint density at radius 3 is 2.05 bits per heavy atom. The summed E-state index contributed by atoms with van der Waals surface area (Å²) in [6, 6.07) is 4.79. The fourth-order valence-electron chi connectivity index (χ4n) is 1.36. The topological polar surface area (TPSA) is 94.9 Å². The van der Waals surface area contributed by atoms with Crippen LogP contribution in [0.15, 0.2) is 27.1 Å². The van der Waals surface area contributed by atoms with Crippen LogP contribution in [-0.4, -0.2) is 46.0 Å². The first-order valence-corrected chi connectivity index (χ1v) is 6.57. The number of amides is 1. The van der Waals surface area contributed by atoms with E-state index in [1.54, 1.807) is 12.1 Å². The van der Waals surface area contributed by atoms with Crippen molar-refractivity contribution >= 4 is 49.7 Å². The van der Waals surface area contributed by atoms with Crippen LogP contribution in [0.3, 0.4) is 0 Å². The lowest BCUT2D eigenvalue weighted by Crippen LogP contribution is -2.39. The van der Waals surface area contributed by atoms with Crippen LogP contribution in [0.5, 0.6) is 0 Å². The summed E-state index contributed by atoms with van der Waals surface area (Å²) in [5, 5.41) is 17.4. The molecule has 1 aromatic carbocycles. The van der Waals surface area contributed by atoms with Crippen LogP contribution >= 0.6 is 31.9 Å². The van der Waals surface area contributed by atoms with Gasteiger partial charge in [0.05, 0.1) is 5.56 Å². The van der Waals surface area contributed by atoms with Crippen LogP contribution < -0.4 is 0 Å². The largest absolute Gasteiger partial charge is 0.480 e. The van der Waals surface area contributed by atoms with Crippen molar-refractivity contribution in [2.75, 3.05) is 13.1 Å². The van der Waals surface area contributed by atoms with Crippen LogP contribution in [0.1, 0.15) is 10.4 Å². The number of nitrogens with zero attached hydrogens (tertiary/aromatic N) is 1. The molecule has 0 heterocycles. The van der Waals surface area contributed by atoms with Gasteiger partial charge in [-0.25, -0.2) is 0 Å². The molecular formula is C11H9Br2NO5. The summed E-state index contributed by atoms with van der Waals surface area (Å²) in [4.78, 5) is 34.2. The summed E-state index contributed by atoms with van der Waals surface area (Å²) in [6.07, 6.45) is 0. The Hall–Kier alpha value is -1.41. The predicted octanol–water partition coefficient (Wildman–Crippen LogP) is 1.82. The first kappa shape index (κ1) is 15.6. The van der Waals surface area contributed by atoms with Gasteiger partial charge in [-0.1, -0.05) is 15.9 Å². The van der Waals surface area contributed by atoms with Crippen molar-refractivity contribution in [3.05, 3.63) is 32.7 Å². The number of hydrogen-bond donors (Lipinski definition) is 2. The summed E-state index contributed by atoms with van der Waals surface area (Å²) < 4.78 is 1.09. The smallest absolute Gasteiger partial charge is 0.323 e. The van der Waals surface area contributed by atoms with Gasteiger partial charge in [-0.3, -0.25) is 14.4 Å². The van der Waals surface area contributed by atoms with Crippen molar-refractivity contribution < 1.29 is 24.6 Å². The summed E-state index contributed by atoms with van der Waals surface area (Å²) in [6.45, 7) is -1.35. The van der Waals surface area contributed by atoms with Crippen LogP contribution in [0.2, 0.25) is 0 Å². The summed E-state index contributed by atoms with van der Waals surface area (Å²) in [7, 11) is 0. The van der Waals surface area contributed by atoms with Gasteiger partial charge in [0.25, 0.3) is 5.91 Å². The Balaban J connectivity index is 3.07. The molecule has 19 heavy (non-hydrogen) atoms. The van der Waals surface area contributed by atoms with Crippen molar-refractivity contribution in [2.45, 2.75) is 0 Å². The van der Waals surface area contributed by atoms with Crippen molar-refractivity contribution in [3.63, 3.8) is 0 Å². The van der Waals surface area contributed by atoms with Gasteiger partial charge in [-0.15, -0.1) is 0 Å². The van der Waals surface area contributed by atoms with E-state index >= 15 is 0 Å². The first-order valence-electron chi connectivity index (χ1n) is 4.99. The molecule has 0 aliphatic carbocycles. The second kappa shape index (κ2) is 6.67. The number of halogens is 2. The van der Waals surface area contributed by atoms with Crippen LogP contribution in [-0.2, 0) is 9.59 Å². The van der Waals surface area contributed by atoms with Gasteiger partial charge in [-0.2, -0.15) is 0 Å². The van der Waals surface area contributed by atoms with E-state index in [9.17, 15) is 14.4 Å². The lowest BCUT2D eigenvalue weighted by molar-refractivity contribution is -0.140. The molecule has 0 saturated heterocycles. The molecule has 6 nitrogen and oxygen atoms in total. The normalized spacial score (nSPS) is 10.0. The Bertz CT molecular complexity index is 516. The van der Waals surface area contributed by atoms with Crippen molar-refractivity contribution in [1.82, 2.24) is 4.90 Å². The molecule has 1 amide bonds. The zero-order chi connectivity index (χ0) is 14.6. The second-order valence-corrected chi connectivity index (χ2v) is 5.34. The number of rotatable bonds is 5. The lowest BCUT2D eigenvalue weighted by atomic mass is 10.2. The molecule has 0 aliphatic rings. The number of benzene rings is 1. The van der Waals surface area contributed by atoms with Crippen LogP contribution in [0, 0.1) is 0 Å². The number of carbonyl (C=O) groups excluding carboxylic acids is 1. The minimum Gasteiger partial charge on any atom is -0.480 e. The fraction of sp³-hybridized carbons (Fsp3) is 0.182. The summed E-state index contributed by atoms with van der Waals surface area (Å²) >= 11 is 6.36. The lowest BCUT2D eigenvalue weighted by Gasteiger charge is -2.19. The number of carbonyl (C=O) groups is 3. The highest BCUT2D eigenvalue weighted by molar-refractivity contribution is 9.11. The molecule has 102 valence electrons. The van der Waals surface area contributed by atoms with E-state index < -0.39 is 30.9 Å². The monoisotopic (exact) mass is 393 g/mol. The third-order valence-electron chi connectivity index (χ3n) is 2.10. The van der Waals surface area contributed by atoms with E-state index in [1.807, 2.05) is 0 Å². The molecular weight excluding hydrogens is 386 g/mol. The molecule has 0 unspecified atom stereocenters. The summed E-state index contributed by atoms with van der Waals surface area (Å²) in [5.74, 6) is -3.22. The van der Waals surface area contributed by atoms with E-state index in [0.29, 0.717) is 8.95 Å². The van der Waals surface area contributed by atoms with Gasteiger partial charge in [-0.05, 0) is 34.1 Å². The SMILES string of the molecule is O=C(O)CN(CC(=O)O)C(=O)c1cc(Br)ccc1Br. The van der Waals surface area contributed by atoms with E-state index in [1.165, 1.54) is 6.07 Å². The Morgan fingerprint density at radius 1 is 1.05 bits per heavy atom. The van der Waals surface area contributed by atoms with Crippen molar-refractivity contribution in [1.29, 1.82) is 0 Å². The molecule has 1 rings (SSSR count). The van der Waals surface area contributed by atoms with E-state index in [4.69, 9.17) is 10.2 Å². The van der Waals surface area contributed by atoms with Gasteiger partial charge in [0, 0.05) is 8.95 Å². The fourth-order valence-corrected chi connectivity index (χ4v) is 2.14. The highest BCUT2D eigenvalue weighted by atomic mass is 79.9. The number of carboxylic acid groups (broad SMARTS) is 2. The molecule has 0 atom stereocenters. The minimum atomic E-state index is -1.28. The van der Waals surface area contributed by atoms with E-state index in [2.05, 4.69) is 31.9 Å². The zero-order valence-corrected chi connectivity index (χ0v) is 12.6. The first-order chi connectivity index (χ1) is 8.81. The molecule has 0 bridgehead atoms. The Labute approximate surface area is 125 Å². The third kappa shape index (κ3) is 4.64. The standard InChI is InChI=1S/C11H9Br2NO5/c12-6-1-2-8(13)7(3-6)11(19)14(4-9(15)16)5-10(17)18/h1-3H,4-5H2,(H,15,16)(H,17,18). The van der Waals surface area contributed by atoms with Crippen LogP contribution in [0.25, 0.3) is 0 Å². The maximum absolute atomic E-state index is 12.1. The molecule has 8 heteroatoms. The zero-order valence-electron chi connectivity index (χ0n) is 9.47. The minimum absolute atomic E-state index is 0.192. The Kier molecular flexibility index (Phi) is 5.49. The quantitative estimate of drug-likeness (QED) is 0.794. The van der Waals surface area contributed by atoms with Crippen molar-refractivity contribution in [2.24, 2.45) is 0 Å². The van der Waals surface area contributed by atoms with E-state index in [0.717, 1.165) is 4.90 Å². The maximum atomic E-state index is 12.1. The van der Waals surface area contributed by atoms with Gasteiger partial charge in [0.15, 0.2) is 0 Å². The highest BCUT2D eigenvalue weighted by Gasteiger charge is 2.22. The second-order valence-electron chi connectivity index (χ2n) is 3.57. The molecule has 0 aromatic heterocycles. The average molecular weight is 395 g/mol. The molecule has 0 aliphatic heterocycles.